The van der Waals surface area contributed by atoms with E-state index in [0.29, 0.717) is 24.2 Å². The van der Waals surface area contributed by atoms with Crippen LogP contribution >= 0.6 is 0 Å². The lowest BCUT2D eigenvalue weighted by atomic mass is 9.64. The van der Waals surface area contributed by atoms with Gasteiger partial charge in [0.25, 0.3) is 0 Å². The molecule has 4 aliphatic rings. The van der Waals surface area contributed by atoms with Crippen LogP contribution in [0.4, 0.5) is 4.79 Å². The zero-order valence-electron chi connectivity index (χ0n) is 17.0. The lowest BCUT2D eigenvalue weighted by Crippen LogP contribution is -2.52. The molecular formula is C23H32N2O3. The number of piperidine rings is 1. The topological polar surface area (TPSA) is 42.0 Å². The van der Waals surface area contributed by atoms with Crippen LogP contribution in [0.15, 0.2) is 30.3 Å². The lowest BCUT2D eigenvalue weighted by molar-refractivity contribution is -0.0137. The van der Waals surface area contributed by atoms with Crippen LogP contribution in [0.5, 0.6) is 0 Å². The van der Waals surface area contributed by atoms with Crippen molar-refractivity contribution in [3.63, 3.8) is 0 Å². The normalized spacial score (nSPS) is 37.6. The van der Waals surface area contributed by atoms with Gasteiger partial charge in [-0.1, -0.05) is 30.3 Å². The monoisotopic (exact) mass is 384 g/mol. The zero-order chi connectivity index (χ0) is 19.3. The molecule has 1 aromatic rings. The Balaban J connectivity index is 1.07. The molecule has 5 nitrogen and oxygen atoms in total. The van der Waals surface area contributed by atoms with E-state index >= 15 is 0 Å². The van der Waals surface area contributed by atoms with Crippen molar-refractivity contribution < 1.29 is 14.3 Å². The summed E-state index contributed by atoms with van der Waals surface area (Å²) < 4.78 is 11.5. The molecule has 1 spiro atoms. The van der Waals surface area contributed by atoms with Crippen LogP contribution in [0, 0.1) is 17.3 Å². The van der Waals surface area contributed by atoms with Gasteiger partial charge in [-0.05, 0) is 44.1 Å². The van der Waals surface area contributed by atoms with Crippen molar-refractivity contribution in [2.75, 3.05) is 32.8 Å². The third kappa shape index (κ3) is 3.22. The van der Waals surface area contributed by atoms with Gasteiger partial charge in [-0.3, -0.25) is 4.90 Å². The fourth-order valence-electron chi connectivity index (χ4n) is 5.88. The van der Waals surface area contributed by atoms with Crippen LogP contribution in [0.2, 0.25) is 0 Å². The van der Waals surface area contributed by atoms with Gasteiger partial charge >= 0.3 is 6.09 Å². The SMILES string of the molecule is CCOC(=O)N1CCC2(CC(N3C[C@H]4C(O[C@@H](C)c5ccccc5)[C@@H]4C3)C2)C1. The number of amides is 1. The molecule has 0 N–H and O–H groups in total. The quantitative estimate of drug-likeness (QED) is 0.776. The van der Waals surface area contributed by atoms with Gasteiger partial charge < -0.3 is 14.4 Å². The minimum Gasteiger partial charge on any atom is -0.450 e. The first kappa shape index (κ1) is 18.4. The Morgan fingerprint density at radius 1 is 1.21 bits per heavy atom. The molecule has 2 aliphatic heterocycles. The third-order valence-electron chi connectivity index (χ3n) is 7.59. The molecule has 1 aromatic carbocycles. The van der Waals surface area contributed by atoms with E-state index in [1.807, 2.05) is 11.8 Å². The maximum atomic E-state index is 12.0. The Bertz CT molecular complexity index is 706. The highest BCUT2D eigenvalue weighted by molar-refractivity contribution is 5.68. The summed E-state index contributed by atoms with van der Waals surface area (Å²) in [5, 5.41) is 0. The summed E-state index contributed by atoms with van der Waals surface area (Å²) in [6.07, 6.45) is 4.14. The number of carbonyl (C=O) groups is 1. The maximum Gasteiger partial charge on any atom is 0.409 e. The minimum atomic E-state index is -0.127. The highest BCUT2D eigenvalue weighted by Gasteiger charge is 2.61. The Hall–Kier alpha value is -1.59. The Morgan fingerprint density at radius 2 is 1.93 bits per heavy atom. The summed E-state index contributed by atoms with van der Waals surface area (Å²) in [7, 11) is 0. The van der Waals surface area contributed by atoms with Gasteiger partial charge in [0.2, 0.25) is 0 Å². The molecule has 4 fully saturated rings. The number of hydrogen-bond acceptors (Lipinski definition) is 4. The van der Waals surface area contributed by atoms with E-state index in [2.05, 4.69) is 42.2 Å². The number of hydrogen-bond donors (Lipinski definition) is 0. The molecule has 2 aliphatic carbocycles. The van der Waals surface area contributed by atoms with Crippen molar-refractivity contribution in [1.29, 1.82) is 0 Å². The molecule has 5 rings (SSSR count). The van der Waals surface area contributed by atoms with Crippen LogP contribution < -0.4 is 0 Å². The molecule has 0 bridgehead atoms. The second-order valence-corrected chi connectivity index (χ2v) is 9.37. The van der Waals surface area contributed by atoms with Crippen molar-refractivity contribution in [2.45, 2.75) is 51.4 Å². The van der Waals surface area contributed by atoms with Crippen molar-refractivity contribution in [3.05, 3.63) is 35.9 Å². The summed E-state index contributed by atoms with van der Waals surface area (Å²) in [4.78, 5) is 16.6. The van der Waals surface area contributed by atoms with E-state index in [-0.39, 0.29) is 12.2 Å². The molecule has 152 valence electrons. The van der Waals surface area contributed by atoms with E-state index in [1.54, 1.807) is 0 Å². The Labute approximate surface area is 168 Å². The fourth-order valence-corrected chi connectivity index (χ4v) is 5.88. The molecule has 3 atom stereocenters. The number of ether oxygens (including phenoxy) is 2. The fraction of sp³-hybridized carbons (Fsp3) is 0.696. The number of benzene rings is 1. The summed E-state index contributed by atoms with van der Waals surface area (Å²) in [6.45, 7) is 8.66. The number of likely N-dealkylation sites (tertiary alicyclic amines) is 2. The molecule has 2 heterocycles. The predicted molar refractivity (Wildman–Crippen MR) is 107 cm³/mol. The standard InChI is InChI=1S/C23H32N2O3/c1-3-27-22(26)24-10-9-23(15-24)11-18(12-23)25-13-19-20(14-25)21(19)28-16(2)17-7-5-4-6-8-17/h4-8,16,18-21H,3,9-15H2,1-2H3/t16-,18?,19+,20+,23?/m0/s1. The van der Waals surface area contributed by atoms with E-state index in [9.17, 15) is 4.79 Å². The Morgan fingerprint density at radius 3 is 2.61 bits per heavy atom. The van der Waals surface area contributed by atoms with Crippen LogP contribution in [0.3, 0.4) is 0 Å². The summed E-state index contributed by atoms with van der Waals surface area (Å²) in [5.41, 5.74) is 1.64. The van der Waals surface area contributed by atoms with Crippen molar-refractivity contribution in [3.8, 4) is 0 Å². The van der Waals surface area contributed by atoms with Crippen LogP contribution in [-0.2, 0) is 9.47 Å². The molecule has 2 saturated carbocycles. The van der Waals surface area contributed by atoms with E-state index in [1.165, 1.54) is 31.5 Å². The molecule has 28 heavy (non-hydrogen) atoms. The average Bonchev–Trinajstić information content (AvgIpc) is 3.08. The Kier molecular flexibility index (Phi) is 4.63. The van der Waals surface area contributed by atoms with Crippen molar-refractivity contribution in [2.24, 2.45) is 17.3 Å². The van der Waals surface area contributed by atoms with Gasteiger partial charge in [-0.15, -0.1) is 0 Å². The molecule has 0 radical (unpaired) electrons. The van der Waals surface area contributed by atoms with Gasteiger partial charge in [-0.25, -0.2) is 4.79 Å². The van der Waals surface area contributed by atoms with Crippen LogP contribution in [0.1, 0.15) is 44.8 Å². The van der Waals surface area contributed by atoms with Gasteiger partial charge in [0, 0.05) is 44.1 Å². The van der Waals surface area contributed by atoms with Crippen molar-refractivity contribution in [1.82, 2.24) is 9.80 Å². The number of nitrogens with zero attached hydrogens (tertiary/aromatic N) is 2. The smallest absolute Gasteiger partial charge is 0.409 e. The van der Waals surface area contributed by atoms with Crippen LogP contribution in [-0.4, -0.2) is 60.8 Å². The molecule has 0 aromatic heterocycles. The second kappa shape index (κ2) is 7.03. The third-order valence-corrected chi connectivity index (χ3v) is 7.59. The highest BCUT2D eigenvalue weighted by Crippen LogP contribution is 2.55. The molecule has 5 heteroatoms. The van der Waals surface area contributed by atoms with Gasteiger partial charge in [0.1, 0.15) is 0 Å². The number of rotatable bonds is 5. The van der Waals surface area contributed by atoms with E-state index < -0.39 is 0 Å². The van der Waals surface area contributed by atoms with Crippen LogP contribution in [0.25, 0.3) is 0 Å². The first-order valence-electron chi connectivity index (χ1n) is 10.9. The zero-order valence-corrected chi connectivity index (χ0v) is 17.0. The van der Waals surface area contributed by atoms with Gasteiger partial charge in [0.15, 0.2) is 0 Å². The van der Waals surface area contributed by atoms with E-state index in [4.69, 9.17) is 9.47 Å². The predicted octanol–water partition coefficient (Wildman–Crippen LogP) is 3.71. The number of carbonyl (C=O) groups excluding carboxylic acids is 1. The number of fused-ring (bicyclic) bond motifs is 1. The summed E-state index contributed by atoms with van der Waals surface area (Å²) >= 11 is 0. The van der Waals surface area contributed by atoms with Crippen molar-refractivity contribution >= 4 is 6.09 Å². The van der Waals surface area contributed by atoms with Gasteiger partial charge in [0.05, 0.1) is 18.8 Å². The molecular weight excluding hydrogens is 352 g/mol. The second-order valence-electron chi connectivity index (χ2n) is 9.37. The molecule has 2 saturated heterocycles. The maximum absolute atomic E-state index is 12.0. The van der Waals surface area contributed by atoms with E-state index in [0.717, 1.165) is 31.3 Å². The largest absolute Gasteiger partial charge is 0.450 e. The summed E-state index contributed by atoms with van der Waals surface area (Å²) in [6, 6.07) is 11.3. The first-order valence-corrected chi connectivity index (χ1v) is 10.9. The molecule has 0 unspecified atom stereocenters. The highest BCUT2D eigenvalue weighted by atomic mass is 16.6. The lowest BCUT2D eigenvalue weighted by Gasteiger charge is -2.49. The minimum absolute atomic E-state index is 0.127. The molecule has 1 amide bonds. The average molecular weight is 385 g/mol. The summed E-state index contributed by atoms with van der Waals surface area (Å²) in [5.74, 6) is 1.45. The first-order chi connectivity index (χ1) is 13.6. The van der Waals surface area contributed by atoms with Gasteiger partial charge in [-0.2, -0.15) is 0 Å².